The van der Waals surface area contributed by atoms with Crippen molar-refractivity contribution in [3.05, 3.63) is 29.6 Å². The Labute approximate surface area is 95.3 Å². The van der Waals surface area contributed by atoms with Crippen LogP contribution in [0.1, 0.15) is 31.2 Å². The van der Waals surface area contributed by atoms with Gasteiger partial charge in [-0.05, 0) is 31.0 Å². The Morgan fingerprint density at radius 2 is 1.81 bits per heavy atom. The fourth-order valence-electron chi connectivity index (χ4n) is 2.19. The third kappa shape index (κ3) is 2.33. The van der Waals surface area contributed by atoms with Crippen molar-refractivity contribution in [3.63, 3.8) is 0 Å². The summed E-state index contributed by atoms with van der Waals surface area (Å²) in [5.41, 5.74) is 1.33. The molecule has 1 heterocycles. The van der Waals surface area contributed by atoms with Crippen LogP contribution in [-0.4, -0.2) is 13.1 Å². The summed E-state index contributed by atoms with van der Waals surface area (Å²) in [6.07, 6.45) is 4.81. The van der Waals surface area contributed by atoms with Gasteiger partial charge in [-0.1, -0.05) is 12.8 Å². The average Bonchev–Trinajstić information content (AvgIpc) is 2.57. The minimum absolute atomic E-state index is 0.338. The monoisotopic (exact) mass is 218 g/mol. The van der Waals surface area contributed by atoms with Crippen molar-refractivity contribution in [3.8, 4) is 6.07 Å². The second-order valence-corrected chi connectivity index (χ2v) is 4.17. The second kappa shape index (κ2) is 4.98. The minimum atomic E-state index is -0.338. The van der Waals surface area contributed by atoms with Crippen LogP contribution in [-0.2, 0) is 0 Å². The summed E-state index contributed by atoms with van der Waals surface area (Å²) >= 11 is 0. The number of nitriles is 1. The first kappa shape index (κ1) is 10.9. The van der Waals surface area contributed by atoms with E-state index >= 15 is 0 Å². The van der Waals surface area contributed by atoms with Crippen molar-refractivity contribution in [2.45, 2.75) is 25.7 Å². The molecule has 2 rings (SSSR count). The van der Waals surface area contributed by atoms with Crippen molar-refractivity contribution in [1.29, 1.82) is 5.26 Å². The molecule has 1 aliphatic heterocycles. The van der Waals surface area contributed by atoms with E-state index in [1.807, 2.05) is 0 Å². The predicted octanol–water partition coefficient (Wildman–Crippen LogP) is 3.08. The average molecular weight is 218 g/mol. The molecule has 1 saturated heterocycles. The van der Waals surface area contributed by atoms with Crippen molar-refractivity contribution in [1.82, 2.24) is 0 Å². The lowest BCUT2D eigenvalue weighted by Gasteiger charge is -2.23. The summed E-state index contributed by atoms with van der Waals surface area (Å²) in [5, 5.41) is 9.00. The molecule has 16 heavy (non-hydrogen) atoms. The molecule has 2 nitrogen and oxygen atoms in total. The van der Waals surface area contributed by atoms with Gasteiger partial charge in [0.1, 0.15) is 11.9 Å². The van der Waals surface area contributed by atoms with Crippen LogP contribution in [0.2, 0.25) is 0 Å². The summed E-state index contributed by atoms with van der Waals surface area (Å²) < 4.78 is 13.0. The molecule has 1 aromatic carbocycles. The van der Waals surface area contributed by atoms with Gasteiger partial charge in [0.25, 0.3) is 0 Å². The third-order valence-corrected chi connectivity index (χ3v) is 3.03. The highest BCUT2D eigenvalue weighted by Crippen LogP contribution is 2.24. The van der Waals surface area contributed by atoms with Crippen molar-refractivity contribution >= 4 is 5.69 Å². The molecule has 3 heteroatoms. The summed E-state index contributed by atoms with van der Waals surface area (Å²) in [5.74, 6) is -0.338. The molecular weight excluding hydrogens is 203 g/mol. The quantitative estimate of drug-likeness (QED) is 0.724. The van der Waals surface area contributed by atoms with E-state index in [1.54, 1.807) is 6.07 Å². The third-order valence-electron chi connectivity index (χ3n) is 3.03. The van der Waals surface area contributed by atoms with Gasteiger partial charge >= 0.3 is 0 Å². The first-order valence-electron chi connectivity index (χ1n) is 5.76. The van der Waals surface area contributed by atoms with Crippen molar-refractivity contribution in [2.75, 3.05) is 18.0 Å². The number of benzene rings is 1. The van der Waals surface area contributed by atoms with Crippen LogP contribution in [0.4, 0.5) is 10.1 Å². The van der Waals surface area contributed by atoms with Crippen LogP contribution in [0, 0.1) is 17.1 Å². The first-order valence-corrected chi connectivity index (χ1v) is 5.76. The van der Waals surface area contributed by atoms with Gasteiger partial charge in [-0.2, -0.15) is 5.26 Å². The van der Waals surface area contributed by atoms with Gasteiger partial charge < -0.3 is 4.90 Å². The van der Waals surface area contributed by atoms with E-state index in [4.69, 9.17) is 5.26 Å². The molecule has 1 fully saturated rings. The van der Waals surface area contributed by atoms with Crippen LogP contribution in [0.5, 0.6) is 0 Å². The van der Waals surface area contributed by atoms with Gasteiger partial charge in [0.05, 0.1) is 11.3 Å². The maximum Gasteiger partial charge on any atom is 0.124 e. The maximum absolute atomic E-state index is 13.0. The van der Waals surface area contributed by atoms with E-state index in [-0.39, 0.29) is 5.82 Å². The molecule has 0 saturated carbocycles. The molecule has 84 valence electrons. The molecule has 0 bridgehead atoms. The summed E-state index contributed by atoms with van der Waals surface area (Å²) in [6, 6.07) is 6.55. The van der Waals surface area contributed by atoms with Crippen molar-refractivity contribution in [2.24, 2.45) is 0 Å². The fraction of sp³-hybridized carbons (Fsp3) is 0.462. The molecule has 0 N–H and O–H groups in total. The molecule has 0 unspecified atom stereocenters. The zero-order chi connectivity index (χ0) is 11.4. The molecular formula is C13H15FN2. The van der Waals surface area contributed by atoms with Crippen LogP contribution >= 0.6 is 0 Å². The largest absolute Gasteiger partial charge is 0.370 e. The number of halogens is 1. The summed E-state index contributed by atoms with van der Waals surface area (Å²) in [7, 11) is 0. The van der Waals surface area contributed by atoms with Crippen LogP contribution in [0.25, 0.3) is 0 Å². The second-order valence-electron chi connectivity index (χ2n) is 4.17. The van der Waals surface area contributed by atoms with Crippen LogP contribution in [0.15, 0.2) is 18.2 Å². The van der Waals surface area contributed by atoms with Gasteiger partial charge in [0, 0.05) is 13.1 Å². The molecule has 0 radical (unpaired) electrons. The number of rotatable bonds is 1. The Morgan fingerprint density at radius 1 is 1.12 bits per heavy atom. The van der Waals surface area contributed by atoms with Gasteiger partial charge in [-0.15, -0.1) is 0 Å². The number of hydrogen-bond acceptors (Lipinski definition) is 2. The van der Waals surface area contributed by atoms with Gasteiger partial charge in [-0.25, -0.2) is 4.39 Å². The SMILES string of the molecule is N#Cc1cc(F)ccc1N1CCCCCC1. The lowest BCUT2D eigenvalue weighted by atomic mass is 10.1. The molecule has 0 aromatic heterocycles. The van der Waals surface area contributed by atoms with Gasteiger partial charge in [0.2, 0.25) is 0 Å². The predicted molar refractivity (Wildman–Crippen MR) is 61.8 cm³/mol. The summed E-state index contributed by atoms with van der Waals surface area (Å²) in [6.45, 7) is 1.95. The molecule has 1 aromatic rings. The minimum Gasteiger partial charge on any atom is -0.370 e. The number of hydrogen-bond donors (Lipinski definition) is 0. The Hall–Kier alpha value is -1.56. The van der Waals surface area contributed by atoms with Gasteiger partial charge in [0.15, 0.2) is 0 Å². The lowest BCUT2D eigenvalue weighted by molar-refractivity contribution is 0.626. The molecule has 0 amide bonds. The van der Waals surface area contributed by atoms with E-state index in [9.17, 15) is 4.39 Å². The van der Waals surface area contributed by atoms with E-state index in [0.717, 1.165) is 31.6 Å². The smallest absolute Gasteiger partial charge is 0.124 e. The Balaban J connectivity index is 2.28. The fourth-order valence-corrected chi connectivity index (χ4v) is 2.19. The van der Waals surface area contributed by atoms with E-state index in [2.05, 4.69) is 11.0 Å². The molecule has 0 atom stereocenters. The molecule has 0 spiro atoms. The zero-order valence-electron chi connectivity index (χ0n) is 9.25. The van der Waals surface area contributed by atoms with Crippen LogP contribution in [0.3, 0.4) is 0 Å². The highest BCUT2D eigenvalue weighted by atomic mass is 19.1. The topological polar surface area (TPSA) is 27.0 Å². The highest BCUT2D eigenvalue weighted by Gasteiger charge is 2.13. The Morgan fingerprint density at radius 3 is 2.44 bits per heavy atom. The van der Waals surface area contributed by atoms with E-state index in [1.165, 1.54) is 25.0 Å². The lowest BCUT2D eigenvalue weighted by Crippen LogP contribution is -2.24. The molecule has 1 aliphatic rings. The number of nitrogens with zero attached hydrogens (tertiary/aromatic N) is 2. The molecule has 0 aliphatic carbocycles. The van der Waals surface area contributed by atoms with Crippen LogP contribution < -0.4 is 4.90 Å². The highest BCUT2D eigenvalue weighted by molar-refractivity contribution is 5.59. The first-order chi connectivity index (χ1) is 7.81. The van der Waals surface area contributed by atoms with E-state index < -0.39 is 0 Å². The number of anilines is 1. The Kier molecular flexibility index (Phi) is 3.40. The standard InChI is InChI=1S/C13H15FN2/c14-12-5-6-13(11(9-12)10-15)16-7-3-1-2-4-8-16/h5-6,9H,1-4,7-8H2. The Bertz CT molecular complexity index is 401. The van der Waals surface area contributed by atoms with Crippen molar-refractivity contribution < 1.29 is 4.39 Å². The van der Waals surface area contributed by atoms with E-state index in [0.29, 0.717) is 5.56 Å². The van der Waals surface area contributed by atoms with Gasteiger partial charge in [-0.3, -0.25) is 0 Å². The zero-order valence-corrected chi connectivity index (χ0v) is 9.25. The summed E-state index contributed by atoms with van der Waals surface area (Å²) in [4.78, 5) is 2.20. The normalized spacial score (nSPS) is 16.6. The maximum atomic E-state index is 13.0.